The molecule has 36 heavy (non-hydrogen) atoms. The van der Waals surface area contributed by atoms with Crippen LogP contribution in [0.2, 0.25) is 18.1 Å². The molecule has 0 amide bonds. The minimum atomic E-state index is -1.68. The lowest BCUT2D eigenvalue weighted by Crippen LogP contribution is -2.41. The van der Waals surface area contributed by atoms with Crippen molar-refractivity contribution in [3.63, 3.8) is 0 Å². The monoisotopic (exact) mass is 538 g/mol. The van der Waals surface area contributed by atoms with Crippen LogP contribution in [0.3, 0.4) is 0 Å². The molecule has 0 aliphatic heterocycles. The SMILES string of the molecule is CCCCCCCOCCOCCOCCOCCOCCOCCOCCO[Si](C)(C)C(C)(C)C. The van der Waals surface area contributed by atoms with Crippen molar-refractivity contribution in [3.8, 4) is 0 Å². The fourth-order valence-corrected chi connectivity index (χ4v) is 3.83. The van der Waals surface area contributed by atoms with Crippen molar-refractivity contribution in [3.05, 3.63) is 0 Å². The van der Waals surface area contributed by atoms with Gasteiger partial charge in [-0.15, -0.1) is 0 Å². The molecule has 218 valence electrons. The van der Waals surface area contributed by atoms with E-state index in [9.17, 15) is 0 Å². The quantitative estimate of drug-likeness (QED) is 0.101. The summed E-state index contributed by atoms with van der Waals surface area (Å²) in [5.74, 6) is 0. The van der Waals surface area contributed by atoms with E-state index in [0.29, 0.717) is 92.5 Å². The van der Waals surface area contributed by atoms with Gasteiger partial charge in [0.25, 0.3) is 0 Å². The van der Waals surface area contributed by atoms with Gasteiger partial charge in [-0.1, -0.05) is 53.4 Å². The Morgan fingerprint density at radius 3 is 1.06 bits per heavy atom. The molecular formula is C27H58O8Si. The summed E-state index contributed by atoms with van der Waals surface area (Å²) in [7, 11) is -1.68. The minimum Gasteiger partial charge on any atom is -0.414 e. The molecule has 0 aromatic rings. The van der Waals surface area contributed by atoms with E-state index in [1.807, 2.05) is 0 Å². The van der Waals surface area contributed by atoms with Crippen molar-refractivity contribution < 1.29 is 37.6 Å². The largest absolute Gasteiger partial charge is 0.414 e. The molecule has 0 rings (SSSR count). The zero-order chi connectivity index (χ0) is 26.8. The molecular weight excluding hydrogens is 480 g/mol. The van der Waals surface area contributed by atoms with Crippen LogP contribution in [0.4, 0.5) is 0 Å². The first-order chi connectivity index (χ1) is 17.3. The lowest BCUT2D eigenvalue weighted by atomic mass is 10.2. The Kier molecular flexibility index (Phi) is 25.1. The summed E-state index contributed by atoms with van der Waals surface area (Å²) in [6.07, 6.45) is 6.32. The molecule has 0 radical (unpaired) electrons. The average Bonchev–Trinajstić information content (AvgIpc) is 2.82. The Balaban J connectivity index is 3.13. The van der Waals surface area contributed by atoms with Gasteiger partial charge in [0.05, 0.1) is 92.5 Å². The van der Waals surface area contributed by atoms with E-state index in [2.05, 4.69) is 40.8 Å². The van der Waals surface area contributed by atoms with E-state index >= 15 is 0 Å². The standard InChI is InChI=1S/C27H58O8Si/c1-7-8-9-10-11-12-28-13-14-29-15-16-30-17-18-31-19-20-32-21-22-33-23-24-34-25-26-35-36(5,6)27(2,3)4/h7-26H2,1-6H3. The molecule has 0 aromatic heterocycles. The third-order valence-electron chi connectivity index (χ3n) is 6.12. The second kappa shape index (κ2) is 25.2. The van der Waals surface area contributed by atoms with E-state index in [1.54, 1.807) is 0 Å². The van der Waals surface area contributed by atoms with Gasteiger partial charge >= 0.3 is 0 Å². The topological polar surface area (TPSA) is 73.8 Å². The summed E-state index contributed by atoms with van der Waals surface area (Å²) in [5.41, 5.74) is 0. The summed E-state index contributed by atoms with van der Waals surface area (Å²) in [6, 6.07) is 0. The minimum absolute atomic E-state index is 0.229. The van der Waals surface area contributed by atoms with Gasteiger partial charge in [0.2, 0.25) is 0 Å². The molecule has 0 N–H and O–H groups in total. The van der Waals surface area contributed by atoms with Crippen molar-refractivity contribution in [1.82, 2.24) is 0 Å². The second-order valence-corrected chi connectivity index (χ2v) is 15.1. The predicted octanol–water partition coefficient (Wildman–Crippen LogP) is 5.09. The number of rotatable bonds is 28. The number of hydrogen-bond donors (Lipinski definition) is 0. The molecule has 0 heterocycles. The van der Waals surface area contributed by atoms with Gasteiger partial charge in [-0.25, -0.2) is 0 Å². The lowest BCUT2D eigenvalue weighted by molar-refractivity contribution is -0.0214. The molecule has 0 spiro atoms. The van der Waals surface area contributed by atoms with Crippen molar-refractivity contribution in [2.75, 3.05) is 99.1 Å². The Morgan fingerprint density at radius 2 is 0.722 bits per heavy atom. The van der Waals surface area contributed by atoms with Crippen LogP contribution in [0.5, 0.6) is 0 Å². The van der Waals surface area contributed by atoms with Crippen LogP contribution in [-0.2, 0) is 37.6 Å². The van der Waals surface area contributed by atoms with Crippen molar-refractivity contribution in [2.45, 2.75) is 77.9 Å². The summed E-state index contributed by atoms with van der Waals surface area (Å²) >= 11 is 0. The van der Waals surface area contributed by atoms with Crippen LogP contribution in [0.1, 0.15) is 59.8 Å². The highest BCUT2D eigenvalue weighted by atomic mass is 28.4. The van der Waals surface area contributed by atoms with Gasteiger partial charge < -0.3 is 37.6 Å². The zero-order valence-electron chi connectivity index (χ0n) is 24.4. The summed E-state index contributed by atoms with van der Waals surface area (Å²) in [6.45, 7) is 22.4. The first-order valence-electron chi connectivity index (χ1n) is 14.0. The molecule has 0 atom stereocenters. The van der Waals surface area contributed by atoms with Crippen LogP contribution < -0.4 is 0 Å². The molecule has 0 saturated heterocycles. The van der Waals surface area contributed by atoms with Gasteiger partial charge in [0, 0.05) is 6.61 Å². The van der Waals surface area contributed by atoms with Crippen molar-refractivity contribution in [2.24, 2.45) is 0 Å². The van der Waals surface area contributed by atoms with Crippen molar-refractivity contribution in [1.29, 1.82) is 0 Å². The van der Waals surface area contributed by atoms with Gasteiger partial charge in [0.1, 0.15) is 0 Å². The Bertz CT molecular complexity index is 446. The number of ether oxygens (including phenoxy) is 7. The number of unbranched alkanes of at least 4 members (excludes halogenated alkanes) is 4. The number of hydrogen-bond acceptors (Lipinski definition) is 8. The normalized spacial score (nSPS) is 12.5. The molecule has 0 saturated carbocycles. The van der Waals surface area contributed by atoms with Crippen LogP contribution in [0.15, 0.2) is 0 Å². The highest BCUT2D eigenvalue weighted by Crippen LogP contribution is 2.36. The molecule has 8 nitrogen and oxygen atoms in total. The molecule has 0 aromatic carbocycles. The van der Waals surface area contributed by atoms with Crippen LogP contribution in [0.25, 0.3) is 0 Å². The third-order valence-corrected chi connectivity index (χ3v) is 10.7. The van der Waals surface area contributed by atoms with Crippen LogP contribution in [-0.4, -0.2) is 107 Å². The fraction of sp³-hybridized carbons (Fsp3) is 1.00. The second-order valence-electron chi connectivity index (χ2n) is 10.3. The van der Waals surface area contributed by atoms with E-state index in [4.69, 9.17) is 37.6 Å². The average molecular weight is 539 g/mol. The van der Waals surface area contributed by atoms with E-state index in [0.717, 1.165) is 13.0 Å². The maximum atomic E-state index is 6.07. The van der Waals surface area contributed by atoms with Gasteiger partial charge in [-0.05, 0) is 24.6 Å². The van der Waals surface area contributed by atoms with E-state index in [1.165, 1.54) is 25.7 Å². The molecule has 0 fully saturated rings. The predicted molar refractivity (Wildman–Crippen MR) is 148 cm³/mol. The van der Waals surface area contributed by atoms with Gasteiger partial charge in [-0.3, -0.25) is 0 Å². The maximum Gasteiger partial charge on any atom is 0.192 e. The van der Waals surface area contributed by atoms with E-state index in [-0.39, 0.29) is 5.04 Å². The molecule has 9 heteroatoms. The Labute approximate surface area is 223 Å². The van der Waals surface area contributed by atoms with Crippen LogP contribution in [0, 0.1) is 0 Å². The highest BCUT2D eigenvalue weighted by molar-refractivity contribution is 6.74. The van der Waals surface area contributed by atoms with Crippen molar-refractivity contribution >= 4 is 8.32 Å². The zero-order valence-corrected chi connectivity index (χ0v) is 25.4. The molecule has 0 aliphatic carbocycles. The van der Waals surface area contributed by atoms with Gasteiger partial charge in [-0.2, -0.15) is 0 Å². The first kappa shape index (κ1) is 35.9. The summed E-state index contributed by atoms with van der Waals surface area (Å²) < 4.78 is 44.7. The fourth-order valence-electron chi connectivity index (χ4n) is 2.80. The Hall–Kier alpha value is -0.103. The smallest absolute Gasteiger partial charge is 0.192 e. The molecule has 0 bridgehead atoms. The van der Waals surface area contributed by atoms with Crippen LogP contribution >= 0.6 is 0 Å². The molecule has 0 unspecified atom stereocenters. The summed E-state index contributed by atoms with van der Waals surface area (Å²) in [5, 5.41) is 0.229. The molecule has 0 aliphatic rings. The van der Waals surface area contributed by atoms with E-state index < -0.39 is 8.32 Å². The maximum absolute atomic E-state index is 6.07. The summed E-state index contributed by atoms with van der Waals surface area (Å²) in [4.78, 5) is 0. The van der Waals surface area contributed by atoms with Gasteiger partial charge in [0.15, 0.2) is 8.32 Å². The highest BCUT2D eigenvalue weighted by Gasteiger charge is 2.36. The lowest BCUT2D eigenvalue weighted by Gasteiger charge is -2.36. The third kappa shape index (κ3) is 24.2. The Morgan fingerprint density at radius 1 is 0.417 bits per heavy atom. The first-order valence-corrected chi connectivity index (χ1v) is 16.9.